The van der Waals surface area contributed by atoms with Crippen molar-refractivity contribution in [3.05, 3.63) is 35.9 Å². The Hall–Kier alpha value is -3.38. The van der Waals surface area contributed by atoms with E-state index in [2.05, 4.69) is 51.1 Å². The van der Waals surface area contributed by atoms with Crippen LogP contribution in [0.4, 0.5) is 10.2 Å². The molecule has 232 valence electrons. The van der Waals surface area contributed by atoms with Crippen molar-refractivity contribution in [3.8, 4) is 11.6 Å². The van der Waals surface area contributed by atoms with Gasteiger partial charge in [0.2, 0.25) is 0 Å². The van der Waals surface area contributed by atoms with E-state index in [-0.39, 0.29) is 41.0 Å². The molecule has 42 heavy (non-hydrogen) atoms. The summed E-state index contributed by atoms with van der Waals surface area (Å²) in [6, 6.07) is 4.53. The number of rotatable bonds is 12. The Kier molecular flexibility index (Phi) is 12.0. The van der Waals surface area contributed by atoms with E-state index in [1.807, 2.05) is 20.8 Å². The highest BCUT2D eigenvalue weighted by Gasteiger charge is 2.50. The fourth-order valence-corrected chi connectivity index (χ4v) is 6.09. The number of carbonyl (C=O) groups excluding carboxylic acids is 1. The van der Waals surface area contributed by atoms with E-state index in [9.17, 15) is 9.18 Å². The normalized spacial score (nSPS) is 16.6. The number of benzene rings is 1. The number of likely N-dealkylation sites (tertiary alicyclic amines) is 1. The summed E-state index contributed by atoms with van der Waals surface area (Å²) in [5.41, 5.74) is 0.385. The molecule has 2 N–H and O–H groups in total. The zero-order valence-electron chi connectivity index (χ0n) is 25.7. The smallest absolute Gasteiger partial charge is 0.290 e. The Balaban J connectivity index is 0.00000155. The molecule has 2 aliphatic rings. The third-order valence-corrected chi connectivity index (χ3v) is 8.10. The molecule has 1 amide bonds. The summed E-state index contributed by atoms with van der Waals surface area (Å²) in [5, 5.41) is 18.5. The van der Waals surface area contributed by atoms with Crippen LogP contribution in [0.1, 0.15) is 64.7 Å². The molecule has 1 spiro atoms. The largest absolute Gasteiger partial charge is 0.483 e. The number of anilines is 1. The summed E-state index contributed by atoms with van der Waals surface area (Å²) in [4.78, 5) is 32.7. The number of nitrogens with zero attached hydrogens (tertiary/aromatic N) is 6. The molecule has 3 heterocycles. The Bertz CT molecular complexity index is 1180. The first kappa shape index (κ1) is 33.1. The highest BCUT2D eigenvalue weighted by atomic mass is 19.1. The molecular formula is C30H46FN7O4. The van der Waals surface area contributed by atoms with E-state index in [1.165, 1.54) is 24.5 Å². The van der Waals surface area contributed by atoms with E-state index >= 15 is 0 Å². The van der Waals surface area contributed by atoms with Crippen molar-refractivity contribution < 1.29 is 23.8 Å². The highest BCUT2D eigenvalue weighted by molar-refractivity contribution is 5.97. The van der Waals surface area contributed by atoms with Gasteiger partial charge in [-0.05, 0) is 70.8 Å². The van der Waals surface area contributed by atoms with Crippen molar-refractivity contribution in [1.82, 2.24) is 30.3 Å². The Morgan fingerprint density at radius 3 is 2.57 bits per heavy atom. The van der Waals surface area contributed by atoms with Crippen molar-refractivity contribution in [2.75, 3.05) is 50.7 Å². The zero-order valence-corrected chi connectivity index (χ0v) is 25.7. The van der Waals surface area contributed by atoms with Crippen molar-refractivity contribution in [1.29, 1.82) is 0 Å². The molecule has 12 heteroatoms. The number of aromatic nitrogens is 3. The van der Waals surface area contributed by atoms with Crippen molar-refractivity contribution in [3.63, 3.8) is 0 Å². The second-order valence-electron chi connectivity index (χ2n) is 11.7. The van der Waals surface area contributed by atoms with E-state index in [0.29, 0.717) is 24.3 Å². The first-order valence-corrected chi connectivity index (χ1v) is 14.8. The van der Waals surface area contributed by atoms with Crippen LogP contribution < -0.4 is 15.0 Å². The number of carbonyl (C=O) groups is 2. The van der Waals surface area contributed by atoms with Crippen LogP contribution in [0.15, 0.2) is 24.5 Å². The Labute approximate surface area is 248 Å². The summed E-state index contributed by atoms with van der Waals surface area (Å²) in [5.74, 6) is 0.898. The minimum absolute atomic E-state index is 0.0339. The summed E-state index contributed by atoms with van der Waals surface area (Å²) in [6.45, 7) is 18.7. The summed E-state index contributed by atoms with van der Waals surface area (Å²) in [7, 11) is 0. The highest BCUT2D eigenvalue weighted by Crippen LogP contribution is 2.44. The van der Waals surface area contributed by atoms with Crippen LogP contribution in [0.25, 0.3) is 0 Å². The van der Waals surface area contributed by atoms with Crippen molar-refractivity contribution in [2.45, 2.75) is 66.5 Å². The third-order valence-electron chi connectivity index (χ3n) is 8.10. The second kappa shape index (κ2) is 15.2. The number of nitrogens with one attached hydrogen (secondary N) is 1. The lowest BCUT2D eigenvalue weighted by molar-refractivity contribution is -0.122. The average molecular weight is 588 g/mol. The van der Waals surface area contributed by atoms with Crippen LogP contribution in [0, 0.1) is 17.2 Å². The molecule has 0 bridgehead atoms. The maximum atomic E-state index is 14.2. The molecular weight excluding hydrogens is 541 g/mol. The van der Waals surface area contributed by atoms with Crippen molar-refractivity contribution in [2.24, 2.45) is 11.3 Å². The molecule has 1 aromatic carbocycles. The first-order chi connectivity index (χ1) is 20.1. The topological polar surface area (TPSA) is 124 Å². The molecule has 1 aromatic heterocycles. The number of amides is 1. The van der Waals surface area contributed by atoms with Gasteiger partial charge in [0, 0.05) is 50.2 Å². The van der Waals surface area contributed by atoms with E-state index < -0.39 is 5.82 Å². The van der Waals surface area contributed by atoms with Crippen LogP contribution in [-0.4, -0.2) is 100 Å². The van der Waals surface area contributed by atoms with Gasteiger partial charge in [-0.3, -0.25) is 14.5 Å². The van der Waals surface area contributed by atoms with Crippen LogP contribution in [0.3, 0.4) is 0 Å². The van der Waals surface area contributed by atoms with Gasteiger partial charge in [-0.2, -0.15) is 0 Å². The SMILES string of the molecule is CCNCCC(C(C)C)N1CC2(CCN(c3ncnnc3Oc3ccc(F)cc3C(=O)N(CC)C(C)C)C2)C1.O=CO. The average Bonchev–Trinajstić information content (AvgIpc) is 3.38. The van der Waals surface area contributed by atoms with Gasteiger partial charge in [0.1, 0.15) is 17.9 Å². The molecule has 11 nitrogen and oxygen atoms in total. The molecule has 0 radical (unpaired) electrons. The maximum Gasteiger partial charge on any atom is 0.290 e. The molecule has 0 aliphatic carbocycles. The van der Waals surface area contributed by atoms with Gasteiger partial charge >= 0.3 is 0 Å². The van der Waals surface area contributed by atoms with Gasteiger partial charge in [-0.1, -0.05) is 20.8 Å². The lowest BCUT2D eigenvalue weighted by Gasteiger charge is -2.53. The van der Waals surface area contributed by atoms with E-state index in [0.717, 1.165) is 52.1 Å². The molecule has 1 atom stereocenters. The molecule has 2 fully saturated rings. The van der Waals surface area contributed by atoms with Crippen LogP contribution in [0.2, 0.25) is 0 Å². The predicted octanol–water partition coefficient (Wildman–Crippen LogP) is 3.91. The number of hydrogen-bond donors (Lipinski definition) is 2. The number of carboxylic acid groups (broad SMARTS) is 1. The third kappa shape index (κ3) is 7.91. The fourth-order valence-electron chi connectivity index (χ4n) is 6.09. The van der Waals surface area contributed by atoms with Gasteiger partial charge in [0.25, 0.3) is 18.3 Å². The lowest BCUT2D eigenvalue weighted by atomic mass is 9.76. The van der Waals surface area contributed by atoms with Crippen LogP contribution >= 0.6 is 0 Å². The predicted molar refractivity (Wildman–Crippen MR) is 159 cm³/mol. The van der Waals surface area contributed by atoms with Crippen molar-refractivity contribution >= 4 is 18.2 Å². The standard InChI is InChI=1S/C29H44FN7O2.CH2O2/c1-7-31-13-11-24(20(3)4)36-17-29(18-36)12-14-35(16-29)26-27(34-33-19-32-26)39-25-10-9-22(30)15-23(25)28(38)37(8-2)21(5)6;2-1-3/h9-10,15,19-21,24,31H,7-8,11-14,16-18H2,1-6H3;1H,(H,2,3). The van der Waals surface area contributed by atoms with Gasteiger partial charge in [0.05, 0.1) is 5.56 Å². The number of halogens is 1. The zero-order chi connectivity index (χ0) is 30.9. The fraction of sp³-hybridized carbons (Fsp3) is 0.633. The summed E-state index contributed by atoms with van der Waals surface area (Å²) >= 11 is 0. The summed E-state index contributed by atoms with van der Waals surface area (Å²) < 4.78 is 20.4. The van der Waals surface area contributed by atoms with Gasteiger partial charge in [-0.15, -0.1) is 10.2 Å². The lowest BCUT2D eigenvalue weighted by Crippen LogP contribution is -2.62. The second-order valence-corrected chi connectivity index (χ2v) is 11.7. The Morgan fingerprint density at radius 2 is 1.95 bits per heavy atom. The molecule has 0 saturated carbocycles. The molecule has 4 rings (SSSR count). The van der Waals surface area contributed by atoms with Gasteiger partial charge in [-0.25, -0.2) is 9.37 Å². The maximum absolute atomic E-state index is 14.2. The van der Waals surface area contributed by atoms with E-state index in [1.54, 1.807) is 4.90 Å². The summed E-state index contributed by atoms with van der Waals surface area (Å²) in [6.07, 6.45) is 3.65. The Morgan fingerprint density at radius 1 is 1.24 bits per heavy atom. The number of ether oxygens (including phenoxy) is 1. The monoisotopic (exact) mass is 587 g/mol. The van der Waals surface area contributed by atoms with Crippen LogP contribution in [0.5, 0.6) is 11.6 Å². The van der Waals surface area contributed by atoms with E-state index in [4.69, 9.17) is 14.6 Å². The molecule has 1 unspecified atom stereocenters. The molecule has 2 saturated heterocycles. The van der Waals surface area contributed by atoms with Crippen LogP contribution in [-0.2, 0) is 4.79 Å². The minimum Gasteiger partial charge on any atom is -0.483 e. The minimum atomic E-state index is -0.496. The first-order valence-electron chi connectivity index (χ1n) is 14.8. The molecule has 2 aliphatic heterocycles. The quantitative estimate of drug-likeness (QED) is 0.279. The number of hydrogen-bond acceptors (Lipinski definition) is 9. The van der Waals surface area contributed by atoms with Gasteiger partial charge < -0.3 is 25.0 Å². The molecule has 2 aromatic rings. The van der Waals surface area contributed by atoms with Gasteiger partial charge in [0.15, 0.2) is 5.82 Å².